The summed E-state index contributed by atoms with van der Waals surface area (Å²) in [5.74, 6) is 0. The summed E-state index contributed by atoms with van der Waals surface area (Å²) in [5, 5.41) is 7.00. The Morgan fingerprint density at radius 2 is 1.27 bits per heavy atom. The molecule has 0 bridgehead atoms. The number of methoxy groups -OCH3 is 3. The van der Waals surface area contributed by atoms with Crippen LogP contribution >= 0.6 is 0 Å². The van der Waals surface area contributed by atoms with Gasteiger partial charge < -0.3 is 19.3 Å². The minimum absolute atomic E-state index is 0. The Labute approximate surface area is 92.1 Å². The number of aliphatic hydroxyl groups excluding tert-OH is 1. The van der Waals surface area contributed by atoms with Crippen molar-refractivity contribution >= 4 is 12.6 Å². The van der Waals surface area contributed by atoms with E-state index in [1.165, 1.54) is 21.3 Å². The molecule has 0 saturated heterocycles. The van der Waals surface area contributed by atoms with E-state index in [0.29, 0.717) is 6.47 Å². The molecule has 0 aromatic rings. The number of aliphatic hydroxyl groups is 1. The highest BCUT2D eigenvalue weighted by atomic mass is 16.7. The van der Waals surface area contributed by atoms with Gasteiger partial charge in [-0.1, -0.05) is 21.3 Å². The van der Waals surface area contributed by atoms with Crippen molar-refractivity contribution in [2.75, 3.05) is 28.4 Å². The molecule has 0 radical (unpaired) electrons. The van der Waals surface area contributed by atoms with Crippen molar-refractivity contribution in [3.63, 3.8) is 0 Å². The molecule has 15 heavy (non-hydrogen) atoms. The predicted octanol–water partition coefficient (Wildman–Crippen LogP) is 1.46. The van der Waals surface area contributed by atoms with E-state index in [9.17, 15) is 4.79 Å². The predicted molar refractivity (Wildman–Crippen MR) is 58.7 cm³/mol. The Morgan fingerprint density at radius 1 is 1.07 bits per heavy atom. The first-order valence-corrected chi connectivity index (χ1v) is 3.76. The van der Waals surface area contributed by atoms with Crippen molar-refractivity contribution in [3.05, 3.63) is 0 Å². The van der Waals surface area contributed by atoms with E-state index < -0.39 is 6.16 Å². The molecule has 0 aliphatic heterocycles. The second-order valence-corrected chi connectivity index (χ2v) is 0.990. The molecule has 96 valence electrons. The maximum atomic E-state index is 9.74. The van der Waals surface area contributed by atoms with Crippen LogP contribution in [0.4, 0.5) is 4.79 Å². The van der Waals surface area contributed by atoms with E-state index in [2.05, 4.69) is 14.2 Å². The molecule has 0 aliphatic rings. The molecule has 0 spiro atoms. The van der Waals surface area contributed by atoms with Gasteiger partial charge in [-0.05, 0) is 0 Å². The van der Waals surface area contributed by atoms with Crippen LogP contribution in [0.25, 0.3) is 0 Å². The van der Waals surface area contributed by atoms with Crippen molar-refractivity contribution in [3.8, 4) is 0 Å². The fraction of sp³-hybridized carbons (Fsp3) is 0.778. The van der Waals surface area contributed by atoms with E-state index in [0.717, 1.165) is 7.11 Å². The number of ether oxygens (including phenoxy) is 3. The van der Waals surface area contributed by atoms with Gasteiger partial charge in [-0.15, -0.1) is 0 Å². The van der Waals surface area contributed by atoms with E-state index in [4.69, 9.17) is 9.90 Å². The number of hydrogen-bond donors (Lipinski definition) is 1. The Balaban J connectivity index is -0.0000000327. The van der Waals surface area contributed by atoms with Gasteiger partial charge in [0.15, 0.2) is 0 Å². The van der Waals surface area contributed by atoms with E-state index in [-0.39, 0.29) is 7.43 Å². The molecule has 0 saturated carbocycles. The van der Waals surface area contributed by atoms with Gasteiger partial charge in [0.1, 0.15) is 0 Å². The third kappa shape index (κ3) is 106. The molecule has 6 nitrogen and oxygen atoms in total. The second-order valence-electron chi connectivity index (χ2n) is 0.990. The highest BCUT2D eigenvalue weighted by molar-refractivity contribution is 5.59. The van der Waals surface area contributed by atoms with Gasteiger partial charge in [-0.3, -0.25) is 4.79 Å². The summed E-state index contributed by atoms with van der Waals surface area (Å²) in [7, 11) is 4.82. The van der Waals surface area contributed by atoms with Crippen LogP contribution in [0.2, 0.25) is 0 Å². The van der Waals surface area contributed by atoms with Gasteiger partial charge in [0.25, 0.3) is 6.47 Å². The normalized spacial score (nSPS) is 5.00. The summed E-state index contributed by atoms with van der Waals surface area (Å²) < 4.78 is 11.9. The fourth-order valence-electron chi connectivity index (χ4n) is 0.0833. The molecule has 0 amide bonds. The Bertz CT molecular complexity index is 88.6. The summed E-state index contributed by atoms with van der Waals surface area (Å²) >= 11 is 0. The van der Waals surface area contributed by atoms with Crippen LogP contribution in [0.1, 0.15) is 21.3 Å². The van der Waals surface area contributed by atoms with Crippen LogP contribution in [-0.2, 0) is 19.0 Å². The molecular weight excluding hydrogens is 204 g/mol. The van der Waals surface area contributed by atoms with Gasteiger partial charge >= 0.3 is 6.16 Å². The zero-order chi connectivity index (χ0) is 12.4. The molecular formula is C9H24O6. The van der Waals surface area contributed by atoms with Crippen molar-refractivity contribution < 1.29 is 28.9 Å². The fourth-order valence-corrected chi connectivity index (χ4v) is 0.0833. The average Bonchev–Trinajstić information content (AvgIpc) is 2.33. The summed E-state index contributed by atoms with van der Waals surface area (Å²) in [6.45, 7) is 4.38. The monoisotopic (exact) mass is 228 g/mol. The van der Waals surface area contributed by atoms with E-state index >= 15 is 0 Å². The van der Waals surface area contributed by atoms with Gasteiger partial charge in [-0.25, -0.2) is 4.79 Å². The summed E-state index contributed by atoms with van der Waals surface area (Å²) in [6.07, 6.45) is -0.657. The smallest absolute Gasteiger partial charge is 0.471 e. The van der Waals surface area contributed by atoms with Crippen LogP contribution in [0.5, 0.6) is 0 Å². The average molecular weight is 228 g/mol. The van der Waals surface area contributed by atoms with Gasteiger partial charge in [-0.2, -0.15) is 0 Å². The van der Waals surface area contributed by atoms with Crippen LogP contribution in [0.3, 0.4) is 0 Å². The summed E-state index contributed by atoms with van der Waals surface area (Å²) in [6, 6.07) is 0. The second kappa shape index (κ2) is 53.5. The third-order valence-electron chi connectivity index (χ3n) is 0.430. The lowest BCUT2D eigenvalue weighted by molar-refractivity contribution is -0.126. The molecule has 6 heteroatoms. The quantitative estimate of drug-likeness (QED) is 0.540. The van der Waals surface area contributed by atoms with Crippen molar-refractivity contribution in [2.24, 2.45) is 0 Å². The molecule has 0 aliphatic carbocycles. The first-order valence-electron chi connectivity index (χ1n) is 3.76. The standard InChI is InChI=1S/C3H6O3.C2H4O2.C2H6.CH4O.CH4/c1-5-3(4)6-2;1-4-2-3;2*1-2;/h1-2H3;2H,1H3;1-2H3;2H,1H3;1H4. The number of carbonyl (C=O) groups is 2. The Hall–Kier alpha value is -1.30. The molecule has 0 aromatic carbocycles. The molecule has 0 unspecified atom stereocenters. The van der Waals surface area contributed by atoms with Gasteiger partial charge in [0.2, 0.25) is 0 Å². The molecule has 0 fully saturated rings. The minimum atomic E-state index is -0.657. The van der Waals surface area contributed by atoms with E-state index in [1.807, 2.05) is 13.8 Å². The Morgan fingerprint density at radius 3 is 1.27 bits per heavy atom. The van der Waals surface area contributed by atoms with Crippen molar-refractivity contribution in [1.29, 1.82) is 0 Å². The molecule has 0 aromatic heterocycles. The van der Waals surface area contributed by atoms with Crippen molar-refractivity contribution in [2.45, 2.75) is 21.3 Å². The number of rotatable bonds is 1. The summed E-state index contributed by atoms with van der Waals surface area (Å²) in [4.78, 5) is 18.7. The zero-order valence-electron chi connectivity index (χ0n) is 9.57. The van der Waals surface area contributed by atoms with Crippen LogP contribution < -0.4 is 0 Å². The highest BCUT2D eigenvalue weighted by Gasteiger charge is 1.88. The largest absolute Gasteiger partial charge is 0.507 e. The third-order valence-corrected chi connectivity index (χ3v) is 0.430. The molecule has 0 rings (SSSR count). The molecule has 0 heterocycles. The number of carbonyl (C=O) groups excluding carboxylic acids is 2. The maximum Gasteiger partial charge on any atom is 0.507 e. The van der Waals surface area contributed by atoms with Crippen LogP contribution in [-0.4, -0.2) is 46.2 Å². The van der Waals surface area contributed by atoms with Crippen LogP contribution in [0.15, 0.2) is 0 Å². The summed E-state index contributed by atoms with van der Waals surface area (Å²) in [5.41, 5.74) is 0. The first-order chi connectivity index (χ1) is 6.72. The molecule has 1 N–H and O–H groups in total. The lowest BCUT2D eigenvalue weighted by Gasteiger charge is -1.89. The lowest BCUT2D eigenvalue weighted by Crippen LogP contribution is -1.97. The zero-order valence-corrected chi connectivity index (χ0v) is 9.57. The van der Waals surface area contributed by atoms with Gasteiger partial charge in [0, 0.05) is 7.11 Å². The SMILES string of the molecule is C.CC.CO.COC(=O)OC.COC=O. The van der Waals surface area contributed by atoms with Crippen LogP contribution in [0, 0.1) is 0 Å². The van der Waals surface area contributed by atoms with E-state index in [1.54, 1.807) is 0 Å². The maximum absolute atomic E-state index is 9.74. The Kier molecular flexibility index (Phi) is 104. The molecule has 0 atom stereocenters. The highest BCUT2D eigenvalue weighted by Crippen LogP contribution is 1.72. The lowest BCUT2D eigenvalue weighted by atomic mass is 11.0. The minimum Gasteiger partial charge on any atom is -0.471 e. The van der Waals surface area contributed by atoms with Crippen molar-refractivity contribution in [1.82, 2.24) is 0 Å². The van der Waals surface area contributed by atoms with Gasteiger partial charge in [0.05, 0.1) is 21.3 Å². The topological polar surface area (TPSA) is 82.1 Å². The number of hydrogen-bond acceptors (Lipinski definition) is 6. The first kappa shape index (κ1) is 29.2.